The van der Waals surface area contributed by atoms with Gasteiger partial charge in [0.1, 0.15) is 16.3 Å². The van der Waals surface area contributed by atoms with Crippen LogP contribution in [0.3, 0.4) is 0 Å². The molecule has 0 fully saturated rings. The molecule has 1 aromatic carbocycles. The predicted molar refractivity (Wildman–Crippen MR) is 93.2 cm³/mol. The first-order chi connectivity index (χ1) is 11.6. The molecule has 0 spiro atoms. The maximum absolute atomic E-state index is 11.5. The van der Waals surface area contributed by atoms with Gasteiger partial charge in [-0.3, -0.25) is 4.68 Å². The summed E-state index contributed by atoms with van der Waals surface area (Å²) < 4.78 is 6.75. The monoisotopic (exact) mass is 404 g/mol. The Labute approximate surface area is 157 Å². The number of carbonyl (C=O) groups is 2. The number of benzene rings is 1. The average molecular weight is 405 g/mol. The second kappa shape index (κ2) is 7.55. The lowest BCUT2D eigenvalue weighted by atomic mass is 10.3. The summed E-state index contributed by atoms with van der Waals surface area (Å²) in [5.74, 6) is -2.11. The molecule has 0 aliphatic rings. The molecule has 0 saturated heterocycles. The van der Waals surface area contributed by atoms with Gasteiger partial charge in [-0.25, -0.2) is 9.59 Å². The minimum atomic E-state index is -1.14. The summed E-state index contributed by atoms with van der Waals surface area (Å²) >= 11 is 13.3. The zero-order chi connectivity index (χ0) is 18.9. The van der Waals surface area contributed by atoms with Crippen molar-refractivity contribution in [1.82, 2.24) is 9.78 Å². The first kappa shape index (κ1) is 19.4. The minimum Gasteiger partial charge on any atom is -0.479 e. The Kier molecular flexibility index (Phi) is 5.87. The van der Waals surface area contributed by atoms with Gasteiger partial charge in [0, 0.05) is 11.9 Å². The summed E-state index contributed by atoms with van der Waals surface area (Å²) in [6.07, 6.45) is -1.11. The van der Waals surface area contributed by atoms with Crippen molar-refractivity contribution in [3.05, 3.63) is 33.4 Å². The number of aromatic nitrogens is 2. The van der Waals surface area contributed by atoms with Crippen LogP contribution in [0.4, 0.5) is 0 Å². The molecule has 0 bridgehead atoms. The Morgan fingerprint density at radius 3 is 2.48 bits per heavy atom. The van der Waals surface area contributed by atoms with Gasteiger partial charge in [-0.2, -0.15) is 5.10 Å². The maximum Gasteiger partial charge on any atom is 0.344 e. The van der Waals surface area contributed by atoms with Gasteiger partial charge < -0.3 is 14.9 Å². The van der Waals surface area contributed by atoms with Gasteiger partial charge in [0.05, 0.1) is 15.7 Å². The molecule has 2 aromatic rings. The summed E-state index contributed by atoms with van der Waals surface area (Å²) in [5.41, 5.74) is 0.443. The molecule has 0 radical (unpaired) electrons. The van der Waals surface area contributed by atoms with Crippen LogP contribution in [0.1, 0.15) is 23.0 Å². The van der Waals surface area contributed by atoms with Crippen molar-refractivity contribution in [2.75, 3.05) is 0 Å². The van der Waals surface area contributed by atoms with E-state index in [9.17, 15) is 14.7 Å². The standard InChI is InChI=1S/C15H14Cl2N2O5S/c1-6-12(15(22)23)13(19(3)18-6)25-11-5-10(8(16)4-9(11)17)24-7(2)14(20)21/h4-5,7H,1-3H3,(H,20,21)(H,22,23)/t7-/m0/s1. The van der Waals surface area contributed by atoms with E-state index in [-0.39, 0.29) is 21.4 Å². The SMILES string of the molecule is Cc1nn(C)c(Sc2cc(O[C@@H](C)C(=O)O)c(Cl)cc2Cl)c1C(=O)O. The number of ether oxygens (including phenoxy) is 1. The van der Waals surface area contributed by atoms with E-state index < -0.39 is 18.0 Å². The first-order valence-corrected chi connectivity index (χ1v) is 8.52. The molecule has 1 aromatic heterocycles. The van der Waals surface area contributed by atoms with Crippen LogP contribution in [0, 0.1) is 6.92 Å². The molecular formula is C15H14Cl2N2O5S. The highest BCUT2D eigenvalue weighted by Gasteiger charge is 2.23. The van der Waals surface area contributed by atoms with Crippen LogP contribution in [0.5, 0.6) is 5.75 Å². The van der Waals surface area contributed by atoms with Crippen molar-refractivity contribution in [3.63, 3.8) is 0 Å². The molecule has 7 nitrogen and oxygen atoms in total. The van der Waals surface area contributed by atoms with Gasteiger partial charge in [0.2, 0.25) is 0 Å². The first-order valence-electron chi connectivity index (χ1n) is 6.95. The molecule has 10 heteroatoms. The summed E-state index contributed by atoms with van der Waals surface area (Å²) in [6.45, 7) is 2.97. The number of aromatic carboxylic acids is 1. The highest BCUT2D eigenvalue weighted by atomic mass is 35.5. The molecular weight excluding hydrogens is 391 g/mol. The maximum atomic E-state index is 11.5. The molecule has 134 valence electrons. The molecule has 1 atom stereocenters. The molecule has 0 aliphatic heterocycles. The van der Waals surface area contributed by atoms with E-state index in [0.717, 1.165) is 11.8 Å². The van der Waals surface area contributed by atoms with Crippen molar-refractivity contribution >= 4 is 46.9 Å². The number of nitrogens with zero attached hydrogens (tertiary/aromatic N) is 2. The van der Waals surface area contributed by atoms with E-state index in [2.05, 4.69) is 5.10 Å². The molecule has 0 amide bonds. The Balaban J connectivity index is 2.44. The number of aliphatic carboxylic acids is 1. The third-order valence-electron chi connectivity index (χ3n) is 3.23. The predicted octanol–water partition coefficient (Wildman–Crippen LogP) is 3.74. The molecule has 1 heterocycles. The summed E-state index contributed by atoms with van der Waals surface area (Å²) in [7, 11) is 1.62. The van der Waals surface area contributed by atoms with E-state index in [0.29, 0.717) is 15.6 Å². The number of carboxylic acids is 2. The lowest BCUT2D eigenvalue weighted by molar-refractivity contribution is -0.144. The van der Waals surface area contributed by atoms with Gasteiger partial charge in [-0.1, -0.05) is 35.0 Å². The van der Waals surface area contributed by atoms with Gasteiger partial charge >= 0.3 is 11.9 Å². The quantitative estimate of drug-likeness (QED) is 0.755. The van der Waals surface area contributed by atoms with E-state index >= 15 is 0 Å². The Morgan fingerprint density at radius 1 is 1.28 bits per heavy atom. The Hall–Kier alpha value is -1.90. The second-order valence-electron chi connectivity index (χ2n) is 5.11. The van der Waals surface area contributed by atoms with Gasteiger partial charge in [0.25, 0.3) is 0 Å². The third-order valence-corrected chi connectivity index (χ3v) is 5.17. The van der Waals surface area contributed by atoms with Crippen LogP contribution >= 0.6 is 35.0 Å². The number of hydrogen-bond acceptors (Lipinski definition) is 5. The van der Waals surface area contributed by atoms with E-state index in [4.69, 9.17) is 33.0 Å². The largest absolute Gasteiger partial charge is 0.479 e. The zero-order valence-electron chi connectivity index (χ0n) is 13.4. The van der Waals surface area contributed by atoms with Crippen molar-refractivity contribution in [1.29, 1.82) is 0 Å². The van der Waals surface area contributed by atoms with Crippen LogP contribution in [0.15, 0.2) is 22.1 Å². The molecule has 0 saturated carbocycles. The van der Waals surface area contributed by atoms with Crippen LogP contribution in [0.25, 0.3) is 0 Å². The average Bonchev–Trinajstić information content (AvgIpc) is 2.77. The molecule has 0 unspecified atom stereocenters. The van der Waals surface area contributed by atoms with Crippen molar-refractivity contribution in [3.8, 4) is 5.75 Å². The lowest BCUT2D eigenvalue weighted by Crippen LogP contribution is -2.23. The highest BCUT2D eigenvalue weighted by molar-refractivity contribution is 7.99. The summed E-state index contributed by atoms with van der Waals surface area (Å²) in [4.78, 5) is 22.9. The van der Waals surface area contributed by atoms with Gasteiger partial charge in [0.15, 0.2) is 6.10 Å². The molecule has 2 N–H and O–H groups in total. The van der Waals surface area contributed by atoms with E-state index in [1.807, 2.05) is 0 Å². The fraction of sp³-hybridized carbons (Fsp3) is 0.267. The van der Waals surface area contributed by atoms with Crippen LogP contribution in [-0.4, -0.2) is 38.0 Å². The van der Waals surface area contributed by atoms with Crippen LogP contribution < -0.4 is 4.74 Å². The Bertz CT molecular complexity index is 853. The van der Waals surface area contributed by atoms with Crippen LogP contribution in [0.2, 0.25) is 10.0 Å². The smallest absolute Gasteiger partial charge is 0.344 e. The molecule has 25 heavy (non-hydrogen) atoms. The van der Waals surface area contributed by atoms with Gasteiger partial charge in [-0.05, 0) is 26.0 Å². The topological polar surface area (TPSA) is 102 Å². The summed E-state index contributed by atoms with van der Waals surface area (Å²) in [6, 6.07) is 2.89. The van der Waals surface area contributed by atoms with Crippen molar-refractivity contribution in [2.24, 2.45) is 7.05 Å². The number of carboxylic acid groups (broad SMARTS) is 2. The molecule has 0 aliphatic carbocycles. The number of hydrogen-bond donors (Lipinski definition) is 2. The highest BCUT2D eigenvalue weighted by Crippen LogP contribution is 2.41. The molecule has 2 rings (SSSR count). The van der Waals surface area contributed by atoms with E-state index in [1.165, 1.54) is 23.7 Å². The lowest BCUT2D eigenvalue weighted by Gasteiger charge is -2.14. The number of halogens is 2. The minimum absolute atomic E-state index is 0.0693. The van der Waals surface area contributed by atoms with Crippen molar-refractivity contribution in [2.45, 2.75) is 29.9 Å². The fourth-order valence-electron chi connectivity index (χ4n) is 2.02. The van der Waals surface area contributed by atoms with E-state index in [1.54, 1.807) is 14.0 Å². The Morgan fingerprint density at radius 2 is 1.92 bits per heavy atom. The fourth-order valence-corrected chi connectivity index (χ4v) is 3.61. The third kappa shape index (κ3) is 4.20. The van der Waals surface area contributed by atoms with Crippen molar-refractivity contribution < 1.29 is 24.5 Å². The number of rotatable bonds is 6. The normalized spacial score (nSPS) is 12.0. The van der Waals surface area contributed by atoms with Gasteiger partial charge in [-0.15, -0.1) is 0 Å². The zero-order valence-corrected chi connectivity index (χ0v) is 15.7. The number of aryl methyl sites for hydroxylation is 2. The second-order valence-corrected chi connectivity index (χ2v) is 6.95. The summed E-state index contributed by atoms with van der Waals surface area (Å²) in [5, 5.41) is 23.2. The van der Waals surface area contributed by atoms with Crippen LogP contribution in [-0.2, 0) is 11.8 Å².